The molecule has 1 aliphatic heterocycles. The number of hydrogen-bond donors (Lipinski definition) is 1. The summed E-state index contributed by atoms with van der Waals surface area (Å²) in [7, 11) is 0. The summed E-state index contributed by atoms with van der Waals surface area (Å²) in [5.41, 5.74) is 2.54. The molecule has 3 nitrogen and oxygen atoms in total. The van der Waals surface area contributed by atoms with Crippen molar-refractivity contribution in [3.8, 4) is 5.75 Å². The van der Waals surface area contributed by atoms with Crippen molar-refractivity contribution >= 4 is 5.57 Å². The first-order chi connectivity index (χ1) is 8.36. The average molecular weight is 228 g/mol. The van der Waals surface area contributed by atoms with Gasteiger partial charge in [-0.2, -0.15) is 0 Å². The summed E-state index contributed by atoms with van der Waals surface area (Å²) in [6.07, 6.45) is 9.67. The van der Waals surface area contributed by atoms with Gasteiger partial charge in [-0.25, -0.2) is 0 Å². The van der Waals surface area contributed by atoms with Crippen LogP contribution in [-0.2, 0) is 0 Å². The summed E-state index contributed by atoms with van der Waals surface area (Å²) in [6.45, 7) is 4.73. The Morgan fingerprint density at radius 2 is 2.41 bits per heavy atom. The number of allylic oxidation sites excluding steroid dienone is 1. The molecule has 2 atom stereocenters. The summed E-state index contributed by atoms with van der Waals surface area (Å²) in [6, 6.07) is 2.69. The van der Waals surface area contributed by atoms with Crippen LogP contribution >= 0.6 is 0 Å². The lowest BCUT2D eigenvalue weighted by Crippen LogP contribution is -2.53. The minimum Gasteiger partial charge on any atom is -0.464 e. The number of pyridine rings is 1. The van der Waals surface area contributed by atoms with Crippen molar-refractivity contribution in [1.82, 2.24) is 10.3 Å². The van der Waals surface area contributed by atoms with Gasteiger partial charge < -0.3 is 10.1 Å². The zero-order valence-electron chi connectivity index (χ0n) is 9.73. The van der Waals surface area contributed by atoms with Gasteiger partial charge in [-0.1, -0.05) is 12.7 Å². The molecule has 1 N–H and O–H groups in total. The highest BCUT2D eigenvalue weighted by Crippen LogP contribution is 2.34. The normalized spacial score (nSPS) is 26.5. The Labute approximate surface area is 101 Å². The number of ether oxygens (including phenoxy) is 1. The Hall–Kier alpha value is -1.61. The van der Waals surface area contributed by atoms with Crippen LogP contribution in [-0.4, -0.2) is 17.6 Å². The molecule has 2 aliphatic rings. The van der Waals surface area contributed by atoms with E-state index in [1.807, 2.05) is 12.3 Å². The molecule has 0 bridgehead atoms. The number of fused-ring (bicyclic) bond motifs is 1. The van der Waals surface area contributed by atoms with E-state index in [-0.39, 0.29) is 0 Å². The van der Waals surface area contributed by atoms with Gasteiger partial charge in [-0.15, -0.1) is 0 Å². The zero-order valence-corrected chi connectivity index (χ0v) is 9.73. The summed E-state index contributed by atoms with van der Waals surface area (Å²) >= 11 is 0. The van der Waals surface area contributed by atoms with Crippen molar-refractivity contribution in [3.05, 3.63) is 42.9 Å². The topological polar surface area (TPSA) is 34.1 Å². The molecule has 17 heavy (non-hydrogen) atoms. The fourth-order valence-corrected chi connectivity index (χ4v) is 2.54. The molecular weight excluding hydrogens is 212 g/mol. The van der Waals surface area contributed by atoms with Gasteiger partial charge in [0.05, 0.1) is 12.5 Å². The maximum Gasteiger partial charge on any atom is 0.145 e. The summed E-state index contributed by atoms with van der Waals surface area (Å²) in [5, 5.41) is 3.48. The molecule has 3 rings (SSSR count). The van der Waals surface area contributed by atoms with Crippen LogP contribution in [0.25, 0.3) is 5.57 Å². The molecule has 0 saturated carbocycles. The number of nitrogens with one attached hydrogen (secondary N) is 1. The molecule has 0 unspecified atom stereocenters. The standard InChI is InChI=1S/C14H16N2O/c1-2-17-13-5-12(7-15-9-13)10-3-4-11-8-16-14(11)6-10/h2-3,5,7,9,11,14,16H,1,4,6,8H2/t11-,14-/m0/s1. The van der Waals surface area contributed by atoms with Gasteiger partial charge in [-0.05, 0) is 36.0 Å². The largest absolute Gasteiger partial charge is 0.464 e. The molecule has 2 heterocycles. The van der Waals surface area contributed by atoms with Crippen molar-refractivity contribution in [2.24, 2.45) is 5.92 Å². The fraction of sp³-hybridized carbons (Fsp3) is 0.357. The zero-order chi connectivity index (χ0) is 11.7. The molecular formula is C14H16N2O. The Morgan fingerprint density at radius 1 is 1.47 bits per heavy atom. The smallest absolute Gasteiger partial charge is 0.145 e. The van der Waals surface area contributed by atoms with Crippen LogP contribution in [0.1, 0.15) is 18.4 Å². The first kappa shape index (κ1) is 10.5. The average Bonchev–Trinajstić information content (AvgIpc) is 2.32. The first-order valence-electron chi connectivity index (χ1n) is 6.02. The second-order valence-corrected chi connectivity index (χ2v) is 4.64. The maximum atomic E-state index is 5.26. The highest BCUT2D eigenvalue weighted by atomic mass is 16.5. The van der Waals surface area contributed by atoms with Gasteiger partial charge in [0.25, 0.3) is 0 Å². The predicted molar refractivity (Wildman–Crippen MR) is 67.6 cm³/mol. The Morgan fingerprint density at radius 3 is 3.12 bits per heavy atom. The molecule has 0 aromatic carbocycles. The Balaban J connectivity index is 1.83. The van der Waals surface area contributed by atoms with Crippen LogP contribution in [0.5, 0.6) is 5.75 Å². The van der Waals surface area contributed by atoms with Gasteiger partial charge in [0.15, 0.2) is 0 Å². The number of aromatic nitrogens is 1. The van der Waals surface area contributed by atoms with E-state index in [1.165, 1.54) is 24.8 Å². The van der Waals surface area contributed by atoms with Crippen LogP contribution in [0.2, 0.25) is 0 Å². The molecule has 0 amide bonds. The maximum absolute atomic E-state index is 5.26. The summed E-state index contributed by atoms with van der Waals surface area (Å²) < 4.78 is 5.26. The highest BCUT2D eigenvalue weighted by molar-refractivity contribution is 5.67. The first-order valence-corrected chi connectivity index (χ1v) is 6.02. The Kier molecular flexibility index (Phi) is 2.69. The van der Waals surface area contributed by atoms with Gasteiger partial charge >= 0.3 is 0 Å². The third kappa shape index (κ3) is 1.98. The minimum atomic E-state index is 0.666. The van der Waals surface area contributed by atoms with E-state index in [9.17, 15) is 0 Å². The van der Waals surface area contributed by atoms with Gasteiger partial charge in [-0.3, -0.25) is 4.98 Å². The van der Waals surface area contributed by atoms with Crippen LogP contribution in [0.4, 0.5) is 0 Å². The SMILES string of the molecule is C=COc1cncc(C2=CC[C@H]3CN[C@H]3C2)c1. The van der Waals surface area contributed by atoms with Crippen LogP contribution in [0.3, 0.4) is 0 Å². The third-order valence-corrected chi connectivity index (χ3v) is 3.62. The molecule has 3 heteroatoms. The molecule has 1 fully saturated rings. The molecule has 1 saturated heterocycles. The lowest BCUT2D eigenvalue weighted by molar-refractivity contribution is 0.230. The fourth-order valence-electron chi connectivity index (χ4n) is 2.54. The van der Waals surface area contributed by atoms with E-state index in [0.717, 1.165) is 23.7 Å². The van der Waals surface area contributed by atoms with Crippen LogP contribution in [0.15, 0.2) is 37.4 Å². The van der Waals surface area contributed by atoms with Crippen molar-refractivity contribution in [2.75, 3.05) is 6.54 Å². The predicted octanol–water partition coefficient (Wildman–Crippen LogP) is 2.37. The number of hydrogen-bond acceptors (Lipinski definition) is 3. The van der Waals surface area contributed by atoms with E-state index in [1.54, 1.807) is 6.20 Å². The molecule has 88 valence electrons. The van der Waals surface area contributed by atoms with E-state index in [2.05, 4.69) is 23.0 Å². The quantitative estimate of drug-likeness (QED) is 0.806. The molecule has 0 radical (unpaired) electrons. The van der Waals surface area contributed by atoms with Gasteiger partial charge in [0.2, 0.25) is 0 Å². The van der Waals surface area contributed by atoms with Gasteiger partial charge in [0.1, 0.15) is 5.75 Å². The van der Waals surface area contributed by atoms with Gasteiger partial charge in [0, 0.05) is 18.8 Å². The van der Waals surface area contributed by atoms with E-state index in [4.69, 9.17) is 4.74 Å². The van der Waals surface area contributed by atoms with Crippen molar-refractivity contribution in [1.29, 1.82) is 0 Å². The number of rotatable bonds is 3. The molecule has 1 aromatic rings. The van der Waals surface area contributed by atoms with Crippen molar-refractivity contribution in [3.63, 3.8) is 0 Å². The highest BCUT2D eigenvalue weighted by Gasteiger charge is 2.32. The molecule has 1 aliphatic carbocycles. The van der Waals surface area contributed by atoms with Crippen LogP contribution < -0.4 is 10.1 Å². The number of nitrogens with zero attached hydrogens (tertiary/aromatic N) is 1. The minimum absolute atomic E-state index is 0.666. The van der Waals surface area contributed by atoms with Crippen molar-refractivity contribution < 1.29 is 4.74 Å². The molecule has 0 spiro atoms. The summed E-state index contributed by atoms with van der Waals surface area (Å²) in [5.74, 6) is 1.60. The lowest BCUT2D eigenvalue weighted by atomic mass is 9.78. The van der Waals surface area contributed by atoms with E-state index < -0.39 is 0 Å². The second kappa shape index (κ2) is 4.34. The lowest BCUT2D eigenvalue weighted by Gasteiger charge is -2.41. The summed E-state index contributed by atoms with van der Waals surface area (Å²) in [4.78, 5) is 4.21. The van der Waals surface area contributed by atoms with Crippen LogP contribution in [0, 0.1) is 5.92 Å². The van der Waals surface area contributed by atoms with E-state index >= 15 is 0 Å². The Bertz CT molecular complexity index is 467. The molecule has 1 aromatic heterocycles. The second-order valence-electron chi connectivity index (χ2n) is 4.64. The monoisotopic (exact) mass is 228 g/mol. The van der Waals surface area contributed by atoms with E-state index in [0.29, 0.717) is 6.04 Å². The third-order valence-electron chi connectivity index (χ3n) is 3.62. The van der Waals surface area contributed by atoms with Crippen molar-refractivity contribution in [2.45, 2.75) is 18.9 Å².